The molecule has 1 atom stereocenters. The smallest absolute Gasteiger partial charge is 0.321 e. The maximum atomic E-state index is 13.0. The van der Waals surface area contributed by atoms with Crippen molar-refractivity contribution in [2.45, 2.75) is 55.0 Å². The van der Waals surface area contributed by atoms with Crippen molar-refractivity contribution in [3.8, 4) is 0 Å². The second-order valence-electron chi connectivity index (χ2n) is 7.79. The summed E-state index contributed by atoms with van der Waals surface area (Å²) in [6.45, 7) is 0. The van der Waals surface area contributed by atoms with Crippen molar-refractivity contribution in [3.63, 3.8) is 0 Å². The number of nitrogens with one attached hydrogen (secondary N) is 2. The van der Waals surface area contributed by atoms with Gasteiger partial charge in [-0.15, -0.1) is 21.5 Å². The first-order valence-electron chi connectivity index (χ1n) is 10.9. The Morgan fingerprint density at radius 2 is 1.91 bits per heavy atom. The van der Waals surface area contributed by atoms with Crippen LogP contribution in [-0.2, 0) is 11.2 Å². The molecule has 1 aliphatic carbocycles. The molecule has 2 aromatic heterocycles. The summed E-state index contributed by atoms with van der Waals surface area (Å²) in [4.78, 5) is 26.1. The van der Waals surface area contributed by atoms with E-state index in [4.69, 9.17) is 0 Å². The Morgan fingerprint density at radius 1 is 1.12 bits per heavy atom. The van der Waals surface area contributed by atoms with E-state index in [0.29, 0.717) is 6.04 Å². The van der Waals surface area contributed by atoms with Crippen LogP contribution in [0.5, 0.6) is 0 Å². The molecule has 3 aromatic rings. The lowest BCUT2D eigenvalue weighted by Crippen LogP contribution is -2.39. The molecule has 0 radical (unpaired) electrons. The van der Waals surface area contributed by atoms with Crippen molar-refractivity contribution in [2.75, 3.05) is 7.05 Å². The van der Waals surface area contributed by atoms with Crippen LogP contribution in [0, 0.1) is 0 Å². The van der Waals surface area contributed by atoms with E-state index in [1.165, 1.54) is 42.9 Å². The lowest BCUT2D eigenvalue weighted by Gasteiger charge is -2.26. The van der Waals surface area contributed by atoms with Crippen LogP contribution in [-0.4, -0.2) is 33.8 Å². The topological polar surface area (TPSA) is 88.9 Å². The number of amides is 3. The summed E-state index contributed by atoms with van der Waals surface area (Å²) in [5, 5.41) is 16.1. The Labute approximate surface area is 196 Å². The highest BCUT2D eigenvalue weighted by Gasteiger charge is 2.29. The Kier molecular flexibility index (Phi) is 7.59. The van der Waals surface area contributed by atoms with Gasteiger partial charge >= 0.3 is 6.03 Å². The summed E-state index contributed by atoms with van der Waals surface area (Å²) < 4.78 is 2.24. The number of thioether (sulfide) groups is 1. The maximum absolute atomic E-state index is 13.0. The van der Waals surface area contributed by atoms with Crippen LogP contribution in [0.1, 0.15) is 59.7 Å². The lowest BCUT2D eigenvalue weighted by atomic mass is 9.95. The molecule has 4 rings (SSSR count). The molecule has 0 bridgehead atoms. The van der Waals surface area contributed by atoms with Crippen LogP contribution in [0.4, 0.5) is 4.79 Å². The quantitative estimate of drug-likeness (QED) is 0.489. The van der Waals surface area contributed by atoms with Crippen LogP contribution in [0.25, 0.3) is 0 Å². The van der Waals surface area contributed by atoms with Gasteiger partial charge in [-0.25, -0.2) is 4.79 Å². The zero-order chi connectivity index (χ0) is 22.3. The second-order valence-corrected chi connectivity index (χ2v) is 9.90. The average molecular weight is 470 g/mol. The number of carbonyl (C=O) groups excluding carboxylic acids is 2. The number of hydrogen-bond acceptors (Lipinski definition) is 6. The van der Waals surface area contributed by atoms with Gasteiger partial charge in [0.25, 0.3) is 0 Å². The molecule has 1 saturated carbocycles. The summed E-state index contributed by atoms with van der Waals surface area (Å²) >= 11 is 3.07. The first-order valence-corrected chi connectivity index (χ1v) is 12.6. The highest BCUT2D eigenvalue weighted by Crippen LogP contribution is 2.39. The number of thiophene rings is 1. The molecule has 0 unspecified atom stereocenters. The van der Waals surface area contributed by atoms with Crippen molar-refractivity contribution in [2.24, 2.45) is 0 Å². The fraction of sp³-hybridized carbons (Fsp3) is 0.391. The number of benzene rings is 1. The highest BCUT2D eigenvalue weighted by molar-refractivity contribution is 8.00. The van der Waals surface area contributed by atoms with Crippen molar-refractivity contribution in [1.82, 2.24) is 25.4 Å². The van der Waals surface area contributed by atoms with Crippen molar-refractivity contribution in [1.29, 1.82) is 0 Å². The molecule has 0 spiro atoms. The van der Waals surface area contributed by atoms with Crippen LogP contribution in [0.3, 0.4) is 0 Å². The third-order valence-electron chi connectivity index (χ3n) is 5.61. The number of imide groups is 1. The number of nitrogens with zero attached hydrogens (tertiary/aromatic N) is 3. The van der Waals surface area contributed by atoms with Crippen molar-refractivity contribution in [3.05, 3.63) is 64.1 Å². The number of aromatic nitrogens is 3. The third-order valence-corrected chi connectivity index (χ3v) is 7.70. The van der Waals surface area contributed by atoms with Crippen molar-refractivity contribution < 1.29 is 9.59 Å². The molecule has 9 heteroatoms. The molecular weight excluding hydrogens is 442 g/mol. The molecule has 1 fully saturated rings. The molecule has 32 heavy (non-hydrogen) atoms. The van der Waals surface area contributed by atoms with E-state index < -0.39 is 11.3 Å². The summed E-state index contributed by atoms with van der Waals surface area (Å²) in [5.41, 5.74) is 0.817. The largest absolute Gasteiger partial charge is 0.341 e. The zero-order valence-corrected chi connectivity index (χ0v) is 19.6. The molecule has 0 saturated heterocycles. The zero-order valence-electron chi connectivity index (χ0n) is 18.0. The Hall–Kier alpha value is -2.65. The fourth-order valence-corrected chi connectivity index (χ4v) is 5.86. The Morgan fingerprint density at radius 3 is 2.59 bits per heavy atom. The van der Waals surface area contributed by atoms with E-state index in [9.17, 15) is 9.59 Å². The Bertz CT molecular complexity index is 1030. The molecule has 2 heterocycles. The first kappa shape index (κ1) is 22.5. The van der Waals surface area contributed by atoms with Gasteiger partial charge in [0, 0.05) is 24.4 Å². The van der Waals surface area contributed by atoms with Gasteiger partial charge in [0.15, 0.2) is 5.16 Å². The van der Waals surface area contributed by atoms with Gasteiger partial charge in [-0.1, -0.05) is 67.4 Å². The van der Waals surface area contributed by atoms with Crippen LogP contribution < -0.4 is 10.6 Å². The maximum Gasteiger partial charge on any atom is 0.321 e. The van der Waals surface area contributed by atoms with E-state index in [0.717, 1.165) is 35.8 Å². The van der Waals surface area contributed by atoms with E-state index in [-0.39, 0.29) is 5.91 Å². The SMILES string of the molecule is CNC(=O)NC(=O)[C@@H](Sc1nnc(Cc2cccs2)n1C1CCCCC1)c1ccccc1. The summed E-state index contributed by atoms with van der Waals surface area (Å²) in [7, 11) is 1.49. The average Bonchev–Trinajstić information content (AvgIpc) is 3.48. The van der Waals surface area contributed by atoms with Gasteiger partial charge in [-0.3, -0.25) is 10.1 Å². The molecule has 168 valence electrons. The molecule has 7 nitrogen and oxygen atoms in total. The predicted octanol–water partition coefficient (Wildman–Crippen LogP) is 4.72. The normalized spacial score (nSPS) is 15.3. The molecular formula is C23H27N5O2S2. The minimum Gasteiger partial charge on any atom is -0.341 e. The number of carbonyl (C=O) groups is 2. The van der Waals surface area contributed by atoms with E-state index in [1.807, 2.05) is 36.4 Å². The minimum atomic E-state index is -0.616. The first-order chi connectivity index (χ1) is 15.7. The van der Waals surface area contributed by atoms with Gasteiger partial charge < -0.3 is 9.88 Å². The van der Waals surface area contributed by atoms with Crippen LogP contribution >= 0.6 is 23.1 Å². The molecule has 2 N–H and O–H groups in total. The number of urea groups is 1. The molecule has 1 aliphatic rings. The Balaban J connectivity index is 1.67. The highest BCUT2D eigenvalue weighted by atomic mass is 32.2. The third kappa shape index (κ3) is 5.39. The number of rotatable bonds is 7. The van der Waals surface area contributed by atoms with E-state index in [1.54, 1.807) is 11.3 Å². The van der Waals surface area contributed by atoms with Gasteiger partial charge in [-0.2, -0.15) is 0 Å². The molecule has 1 aromatic carbocycles. The van der Waals surface area contributed by atoms with E-state index in [2.05, 4.69) is 36.8 Å². The van der Waals surface area contributed by atoms with Crippen LogP contribution in [0.15, 0.2) is 53.0 Å². The fourth-order valence-electron chi connectivity index (χ4n) is 4.03. The van der Waals surface area contributed by atoms with E-state index >= 15 is 0 Å². The van der Waals surface area contributed by atoms with Gasteiger partial charge in [0.2, 0.25) is 5.91 Å². The summed E-state index contributed by atoms with van der Waals surface area (Å²) in [6, 6.07) is 13.5. The van der Waals surface area contributed by atoms with Gasteiger partial charge in [-0.05, 0) is 29.9 Å². The summed E-state index contributed by atoms with van der Waals surface area (Å²) in [5.74, 6) is 0.555. The monoisotopic (exact) mass is 469 g/mol. The van der Waals surface area contributed by atoms with Gasteiger partial charge in [0.05, 0.1) is 0 Å². The summed E-state index contributed by atoms with van der Waals surface area (Å²) in [6.07, 6.45) is 6.52. The molecule has 0 aliphatic heterocycles. The molecule has 3 amide bonds. The minimum absolute atomic E-state index is 0.328. The van der Waals surface area contributed by atoms with Gasteiger partial charge in [0.1, 0.15) is 11.1 Å². The van der Waals surface area contributed by atoms with Crippen molar-refractivity contribution >= 4 is 35.0 Å². The van der Waals surface area contributed by atoms with Crippen LogP contribution in [0.2, 0.25) is 0 Å². The standard InChI is InChI=1S/C23H27N5O2S2/c1-24-22(30)25-21(29)20(16-9-4-2-5-10-16)32-23-27-26-19(15-18-13-8-14-31-18)28(23)17-11-6-3-7-12-17/h2,4-5,8-10,13-14,17,20H,3,6-7,11-12,15H2,1H3,(H2,24,25,29,30)/t20-/m0/s1. The second kappa shape index (κ2) is 10.8. The predicted molar refractivity (Wildman–Crippen MR) is 127 cm³/mol. The number of hydrogen-bond donors (Lipinski definition) is 2. The lowest BCUT2D eigenvalue weighted by molar-refractivity contribution is -0.119.